The van der Waals surface area contributed by atoms with E-state index in [0.29, 0.717) is 6.54 Å². The maximum Gasteiger partial charge on any atom is 0.332 e. The molecule has 0 aliphatic carbocycles. The van der Waals surface area contributed by atoms with Crippen molar-refractivity contribution in [1.82, 2.24) is 15.0 Å². The van der Waals surface area contributed by atoms with E-state index in [2.05, 4.69) is 25.7 Å². The van der Waals surface area contributed by atoms with Gasteiger partial charge in [0.25, 0.3) is 0 Å². The lowest BCUT2D eigenvalue weighted by atomic mass is 10.3. The minimum absolute atomic E-state index is 0.122. The predicted octanol–water partition coefficient (Wildman–Crippen LogP) is 1.36. The summed E-state index contributed by atoms with van der Waals surface area (Å²) in [7, 11) is 0. The molecule has 2 rings (SSSR count). The predicted molar refractivity (Wildman–Crippen MR) is 75.4 cm³/mol. The molecule has 0 spiro atoms. The molecule has 10 heteroatoms. The highest BCUT2D eigenvalue weighted by molar-refractivity contribution is 7.09. The topological polar surface area (TPSA) is 132 Å². The van der Waals surface area contributed by atoms with Gasteiger partial charge in [0.2, 0.25) is 11.8 Å². The van der Waals surface area contributed by atoms with Gasteiger partial charge >= 0.3 is 5.69 Å². The minimum atomic E-state index is -0.516. The summed E-state index contributed by atoms with van der Waals surface area (Å²) < 4.78 is 0. The maximum absolute atomic E-state index is 11.1. The Balaban J connectivity index is 2.31. The Kier molecular flexibility index (Phi) is 4.05. The van der Waals surface area contributed by atoms with Gasteiger partial charge < -0.3 is 5.32 Å². The highest BCUT2D eigenvalue weighted by atomic mass is 32.1. The van der Waals surface area contributed by atoms with Gasteiger partial charge in [-0.15, -0.1) is 11.3 Å². The molecule has 0 aromatic carbocycles. The van der Waals surface area contributed by atoms with Crippen LogP contribution < -0.4 is 16.6 Å². The Labute approximate surface area is 118 Å². The molecule has 2 heterocycles. The highest BCUT2D eigenvalue weighted by Crippen LogP contribution is 2.27. The molecule has 9 nitrogen and oxygen atoms in total. The number of aromatic nitrogens is 3. The van der Waals surface area contributed by atoms with Crippen LogP contribution in [0.2, 0.25) is 0 Å². The Morgan fingerprint density at radius 1 is 1.40 bits per heavy atom. The van der Waals surface area contributed by atoms with Gasteiger partial charge in [-0.1, -0.05) is 0 Å². The molecule has 0 aliphatic heterocycles. The lowest BCUT2D eigenvalue weighted by Gasteiger charge is -2.08. The van der Waals surface area contributed by atoms with Crippen molar-refractivity contribution in [2.24, 2.45) is 5.84 Å². The fourth-order valence-electron chi connectivity index (χ4n) is 1.63. The van der Waals surface area contributed by atoms with Crippen LogP contribution in [0.1, 0.15) is 16.3 Å². The molecule has 0 atom stereocenters. The number of aryl methyl sites for hydroxylation is 2. The van der Waals surface area contributed by atoms with Crippen molar-refractivity contribution in [2.75, 3.05) is 10.7 Å². The third kappa shape index (κ3) is 2.81. The number of nitrogens with zero attached hydrogens (tertiary/aromatic N) is 4. The van der Waals surface area contributed by atoms with Gasteiger partial charge in [-0.2, -0.15) is 4.98 Å². The quantitative estimate of drug-likeness (QED) is 0.428. The van der Waals surface area contributed by atoms with Crippen LogP contribution in [0.15, 0.2) is 5.51 Å². The average molecular weight is 295 g/mol. The van der Waals surface area contributed by atoms with Crippen molar-refractivity contribution in [1.29, 1.82) is 0 Å². The number of anilines is 2. The third-order valence-electron chi connectivity index (χ3n) is 2.63. The third-order valence-corrected chi connectivity index (χ3v) is 3.57. The molecule has 0 unspecified atom stereocenters. The van der Waals surface area contributed by atoms with Crippen molar-refractivity contribution in [3.63, 3.8) is 0 Å². The molecule has 0 amide bonds. The number of nitro groups is 1. The Morgan fingerprint density at radius 3 is 2.70 bits per heavy atom. The maximum atomic E-state index is 11.1. The molecular weight excluding hydrogens is 282 g/mol. The van der Waals surface area contributed by atoms with Gasteiger partial charge in [0.1, 0.15) is 5.69 Å². The Morgan fingerprint density at radius 2 is 2.15 bits per heavy atom. The second kappa shape index (κ2) is 5.75. The van der Waals surface area contributed by atoms with Gasteiger partial charge in [0.05, 0.1) is 22.7 Å². The minimum Gasteiger partial charge on any atom is -0.359 e. The molecule has 20 heavy (non-hydrogen) atoms. The highest BCUT2D eigenvalue weighted by Gasteiger charge is 2.22. The zero-order valence-corrected chi connectivity index (χ0v) is 11.7. The van der Waals surface area contributed by atoms with Crippen molar-refractivity contribution in [2.45, 2.75) is 20.4 Å². The van der Waals surface area contributed by atoms with E-state index >= 15 is 0 Å². The van der Waals surface area contributed by atoms with Crippen LogP contribution >= 0.6 is 11.3 Å². The molecule has 2 aromatic heterocycles. The number of hydrazine groups is 1. The average Bonchev–Trinajstić information content (AvgIpc) is 2.80. The van der Waals surface area contributed by atoms with Gasteiger partial charge in [-0.25, -0.2) is 15.8 Å². The first-order valence-electron chi connectivity index (χ1n) is 5.65. The van der Waals surface area contributed by atoms with E-state index in [1.54, 1.807) is 5.51 Å². The number of hydrogen-bond donors (Lipinski definition) is 3. The fourth-order valence-corrected chi connectivity index (χ4v) is 2.35. The van der Waals surface area contributed by atoms with Crippen LogP contribution in [0.3, 0.4) is 0 Å². The molecule has 0 saturated heterocycles. The standard InChI is InChI=1S/C10H13N7O2S/c1-5-7(20-4-13-5)3-12-9-8(17(18)19)6(2)14-10(15-9)16-11/h4H,3,11H2,1-2H3,(H2,12,14,15,16). The summed E-state index contributed by atoms with van der Waals surface area (Å²) in [6.45, 7) is 3.81. The second-order valence-electron chi connectivity index (χ2n) is 3.95. The molecule has 0 bridgehead atoms. The van der Waals surface area contributed by atoms with E-state index < -0.39 is 4.92 Å². The number of thiazole rings is 1. The van der Waals surface area contributed by atoms with Crippen LogP contribution in [-0.4, -0.2) is 19.9 Å². The van der Waals surface area contributed by atoms with Crippen molar-refractivity contribution in [3.8, 4) is 0 Å². The lowest BCUT2D eigenvalue weighted by molar-refractivity contribution is -0.385. The summed E-state index contributed by atoms with van der Waals surface area (Å²) in [5, 5.41) is 14.0. The van der Waals surface area contributed by atoms with Crippen LogP contribution in [-0.2, 0) is 6.54 Å². The number of hydrogen-bond acceptors (Lipinski definition) is 9. The molecule has 2 aromatic rings. The van der Waals surface area contributed by atoms with Crippen LogP contribution in [0.4, 0.5) is 17.5 Å². The van der Waals surface area contributed by atoms with E-state index in [9.17, 15) is 10.1 Å². The van der Waals surface area contributed by atoms with E-state index in [1.807, 2.05) is 6.92 Å². The van der Waals surface area contributed by atoms with Crippen LogP contribution in [0.25, 0.3) is 0 Å². The number of nitrogens with one attached hydrogen (secondary N) is 2. The summed E-state index contributed by atoms with van der Waals surface area (Å²) in [4.78, 5) is 23.6. The zero-order valence-electron chi connectivity index (χ0n) is 10.9. The Hall–Kier alpha value is -2.33. The number of rotatable bonds is 5. The molecule has 4 N–H and O–H groups in total. The van der Waals surface area contributed by atoms with Crippen molar-refractivity contribution >= 4 is 28.8 Å². The fraction of sp³-hybridized carbons (Fsp3) is 0.300. The van der Waals surface area contributed by atoms with Crippen LogP contribution in [0, 0.1) is 24.0 Å². The van der Waals surface area contributed by atoms with E-state index in [1.165, 1.54) is 18.3 Å². The molecule has 0 fully saturated rings. The summed E-state index contributed by atoms with van der Waals surface area (Å²) in [6.07, 6.45) is 0. The van der Waals surface area contributed by atoms with Crippen molar-refractivity contribution in [3.05, 3.63) is 31.9 Å². The van der Waals surface area contributed by atoms with Gasteiger partial charge in [0.15, 0.2) is 0 Å². The summed E-state index contributed by atoms with van der Waals surface area (Å²) in [6, 6.07) is 0. The normalized spacial score (nSPS) is 10.3. The monoisotopic (exact) mass is 295 g/mol. The largest absolute Gasteiger partial charge is 0.359 e. The van der Waals surface area contributed by atoms with E-state index in [-0.39, 0.29) is 23.1 Å². The Bertz CT molecular complexity index is 643. The smallest absolute Gasteiger partial charge is 0.332 e. The second-order valence-corrected chi connectivity index (χ2v) is 4.89. The lowest BCUT2D eigenvalue weighted by Crippen LogP contribution is -2.14. The van der Waals surface area contributed by atoms with E-state index in [4.69, 9.17) is 5.84 Å². The first-order valence-corrected chi connectivity index (χ1v) is 6.53. The van der Waals surface area contributed by atoms with Crippen molar-refractivity contribution < 1.29 is 4.92 Å². The van der Waals surface area contributed by atoms with Crippen LogP contribution in [0.5, 0.6) is 0 Å². The van der Waals surface area contributed by atoms with Gasteiger partial charge in [-0.05, 0) is 13.8 Å². The first kappa shape index (κ1) is 14.1. The SMILES string of the molecule is Cc1ncsc1CNc1nc(NN)nc(C)c1[N+](=O)[O-]. The summed E-state index contributed by atoms with van der Waals surface area (Å²) >= 11 is 1.47. The van der Waals surface area contributed by atoms with Gasteiger partial charge in [0, 0.05) is 4.88 Å². The van der Waals surface area contributed by atoms with E-state index in [0.717, 1.165) is 10.6 Å². The summed E-state index contributed by atoms with van der Waals surface area (Å²) in [5.41, 5.74) is 4.96. The first-order chi connectivity index (χ1) is 9.52. The zero-order chi connectivity index (χ0) is 14.7. The molecule has 106 valence electrons. The van der Waals surface area contributed by atoms with Gasteiger partial charge in [-0.3, -0.25) is 15.5 Å². The molecule has 0 aliphatic rings. The number of nitrogens with two attached hydrogens (primary N) is 1. The molecule has 0 radical (unpaired) electrons. The molecule has 0 saturated carbocycles. The summed E-state index contributed by atoms with van der Waals surface area (Å²) in [5.74, 6) is 5.50. The molecular formula is C10H13N7O2S. The number of nitrogen functional groups attached to an aromatic ring is 1.